The summed E-state index contributed by atoms with van der Waals surface area (Å²) in [5, 5.41) is 21.0. The van der Waals surface area contributed by atoms with Crippen molar-refractivity contribution in [2.45, 2.75) is 13.5 Å². The molecule has 0 saturated carbocycles. The molecule has 2 aromatic rings. The maximum absolute atomic E-state index is 9.02. The number of anilines is 1. The molecule has 0 bridgehead atoms. The van der Waals surface area contributed by atoms with E-state index in [2.05, 4.69) is 15.3 Å². The Morgan fingerprint density at radius 1 is 1.26 bits per heavy atom. The summed E-state index contributed by atoms with van der Waals surface area (Å²) in [4.78, 5) is 8.15. The maximum Gasteiger partial charge on any atom is 0.176 e. The highest BCUT2D eigenvalue weighted by molar-refractivity contribution is 5.38. The van der Waals surface area contributed by atoms with Gasteiger partial charge in [-0.1, -0.05) is 6.07 Å². The van der Waals surface area contributed by atoms with Crippen molar-refractivity contribution in [3.63, 3.8) is 0 Å². The second-order valence-electron chi connectivity index (χ2n) is 3.88. The zero-order chi connectivity index (χ0) is 13.7. The molecule has 2 rings (SSSR count). The molecule has 2 heterocycles. The molecule has 0 fully saturated rings. The molecule has 0 aliphatic carbocycles. The van der Waals surface area contributed by atoms with E-state index in [1.165, 1.54) is 6.33 Å². The minimum Gasteiger partial charge on any atom is -0.370 e. The molecule has 0 saturated heterocycles. The molecule has 0 spiro atoms. The molecule has 19 heavy (non-hydrogen) atoms. The van der Waals surface area contributed by atoms with Crippen LogP contribution in [0.2, 0.25) is 0 Å². The largest absolute Gasteiger partial charge is 0.370 e. The van der Waals surface area contributed by atoms with Gasteiger partial charge in [0.05, 0.1) is 12.9 Å². The molecule has 0 unspecified atom stereocenters. The smallest absolute Gasteiger partial charge is 0.176 e. The predicted molar refractivity (Wildman–Crippen MR) is 69.2 cm³/mol. The van der Waals surface area contributed by atoms with Crippen LogP contribution in [0, 0.1) is 22.7 Å². The topological polar surface area (TPSA) is 90.3 Å². The van der Waals surface area contributed by atoms with Crippen LogP contribution in [0.5, 0.6) is 0 Å². The number of imidazole rings is 1. The SMILES string of the molecule is CCNc1ccc(Cn2cnc(C#N)c2C#N)cn1. The van der Waals surface area contributed by atoms with Crippen molar-refractivity contribution in [3.8, 4) is 12.1 Å². The third-order valence-electron chi connectivity index (χ3n) is 2.59. The first-order chi connectivity index (χ1) is 9.28. The van der Waals surface area contributed by atoms with Gasteiger partial charge in [0.15, 0.2) is 11.4 Å². The van der Waals surface area contributed by atoms with Gasteiger partial charge in [0.25, 0.3) is 0 Å². The number of aromatic nitrogens is 3. The van der Waals surface area contributed by atoms with Gasteiger partial charge in [-0.3, -0.25) is 0 Å². The summed E-state index contributed by atoms with van der Waals surface area (Å²) >= 11 is 0. The zero-order valence-electron chi connectivity index (χ0n) is 10.5. The van der Waals surface area contributed by atoms with Crippen molar-refractivity contribution in [1.29, 1.82) is 10.5 Å². The Morgan fingerprint density at radius 3 is 2.68 bits per heavy atom. The summed E-state index contributed by atoms with van der Waals surface area (Å²) in [7, 11) is 0. The molecule has 1 N–H and O–H groups in total. The normalized spacial score (nSPS) is 9.63. The monoisotopic (exact) mass is 252 g/mol. The fourth-order valence-corrected chi connectivity index (χ4v) is 1.70. The lowest BCUT2D eigenvalue weighted by molar-refractivity contribution is 0.782. The van der Waals surface area contributed by atoms with E-state index in [4.69, 9.17) is 10.5 Å². The van der Waals surface area contributed by atoms with Crippen LogP contribution < -0.4 is 5.32 Å². The molecule has 0 radical (unpaired) electrons. The minimum absolute atomic E-state index is 0.153. The quantitative estimate of drug-likeness (QED) is 0.890. The number of pyridine rings is 1. The average molecular weight is 252 g/mol. The van der Waals surface area contributed by atoms with Crippen LogP contribution in [-0.2, 0) is 6.54 Å². The number of hydrogen-bond donors (Lipinski definition) is 1. The molecule has 94 valence electrons. The number of nitrogens with zero attached hydrogens (tertiary/aromatic N) is 5. The van der Waals surface area contributed by atoms with Crippen molar-refractivity contribution in [1.82, 2.24) is 14.5 Å². The number of nitriles is 2. The highest BCUT2D eigenvalue weighted by atomic mass is 15.1. The van der Waals surface area contributed by atoms with Crippen molar-refractivity contribution in [2.75, 3.05) is 11.9 Å². The second-order valence-corrected chi connectivity index (χ2v) is 3.88. The summed E-state index contributed by atoms with van der Waals surface area (Å²) < 4.78 is 1.64. The van der Waals surface area contributed by atoms with E-state index >= 15 is 0 Å². The van der Waals surface area contributed by atoms with Crippen LogP contribution in [0.25, 0.3) is 0 Å². The molecular weight excluding hydrogens is 240 g/mol. The van der Waals surface area contributed by atoms with Crippen molar-refractivity contribution in [3.05, 3.63) is 41.6 Å². The van der Waals surface area contributed by atoms with E-state index in [9.17, 15) is 0 Å². The molecule has 0 aliphatic rings. The van der Waals surface area contributed by atoms with Gasteiger partial charge in [-0.2, -0.15) is 10.5 Å². The maximum atomic E-state index is 9.02. The summed E-state index contributed by atoms with van der Waals surface area (Å²) in [6.07, 6.45) is 3.24. The van der Waals surface area contributed by atoms with Crippen molar-refractivity contribution < 1.29 is 0 Å². The van der Waals surface area contributed by atoms with Gasteiger partial charge in [0.1, 0.15) is 18.0 Å². The number of nitrogens with one attached hydrogen (secondary N) is 1. The highest BCUT2D eigenvalue weighted by Gasteiger charge is 2.10. The predicted octanol–water partition coefficient (Wildman–Crippen LogP) is 1.50. The molecule has 0 atom stereocenters. The Labute approximate surface area is 111 Å². The first-order valence-electron chi connectivity index (χ1n) is 5.82. The van der Waals surface area contributed by atoms with Gasteiger partial charge >= 0.3 is 0 Å². The summed E-state index contributed by atoms with van der Waals surface area (Å²) in [6.45, 7) is 3.29. The Kier molecular flexibility index (Phi) is 3.75. The summed E-state index contributed by atoms with van der Waals surface area (Å²) in [5.74, 6) is 0.815. The Bertz CT molecular complexity index is 641. The van der Waals surface area contributed by atoms with Crippen LogP contribution in [0.1, 0.15) is 23.9 Å². The zero-order valence-corrected chi connectivity index (χ0v) is 10.5. The standard InChI is InChI=1S/C13H12N6/c1-2-16-13-4-3-10(7-17-13)8-19-9-18-11(5-14)12(19)6-15/h3-4,7,9H,2,8H2,1H3,(H,16,17). The fourth-order valence-electron chi connectivity index (χ4n) is 1.70. The van der Waals surface area contributed by atoms with Crippen LogP contribution in [-0.4, -0.2) is 21.1 Å². The third kappa shape index (κ3) is 2.70. The fraction of sp³-hybridized carbons (Fsp3) is 0.231. The van der Waals surface area contributed by atoms with Crippen molar-refractivity contribution >= 4 is 5.82 Å². The lowest BCUT2D eigenvalue weighted by Crippen LogP contribution is -2.03. The Balaban J connectivity index is 2.20. The van der Waals surface area contributed by atoms with Crippen LogP contribution in [0.4, 0.5) is 5.82 Å². The van der Waals surface area contributed by atoms with Gasteiger partial charge in [0, 0.05) is 12.7 Å². The average Bonchev–Trinajstić information content (AvgIpc) is 2.83. The number of hydrogen-bond acceptors (Lipinski definition) is 5. The number of rotatable bonds is 4. The van der Waals surface area contributed by atoms with Crippen LogP contribution in [0.15, 0.2) is 24.7 Å². The molecule has 0 amide bonds. The van der Waals surface area contributed by atoms with E-state index in [-0.39, 0.29) is 11.4 Å². The van der Waals surface area contributed by atoms with E-state index in [0.717, 1.165) is 17.9 Å². The molecule has 0 aliphatic heterocycles. The van der Waals surface area contributed by atoms with Crippen LogP contribution >= 0.6 is 0 Å². The molecule has 6 nitrogen and oxygen atoms in total. The molecular formula is C13H12N6. The van der Waals surface area contributed by atoms with E-state index < -0.39 is 0 Å². The Morgan fingerprint density at radius 2 is 2.11 bits per heavy atom. The van der Waals surface area contributed by atoms with E-state index in [0.29, 0.717) is 6.54 Å². The second kappa shape index (κ2) is 5.65. The van der Waals surface area contributed by atoms with Gasteiger partial charge in [-0.25, -0.2) is 9.97 Å². The van der Waals surface area contributed by atoms with Crippen molar-refractivity contribution in [2.24, 2.45) is 0 Å². The van der Waals surface area contributed by atoms with Crippen LogP contribution in [0.3, 0.4) is 0 Å². The summed E-state index contributed by atoms with van der Waals surface area (Å²) in [5.41, 5.74) is 1.37. The lowest BCUT2D eigenvalue weighted by Gasteiger charge is -2.05. The van der Waals surface area contributed by atoms with E-state index in [1.807, 2.05) is 31.2 Å². The van der Waals surface area contributed by atoms with Gasteiger partial charge in [-0.05, 0) is 18.6 Å². The first kappa shape index (κ1) is 12.6. The minimum atomic E-state index is 0.153. The van der Waals surface area contributed by atoms with Gasteiger partial charge in [-0.15, -0.1) is 0 Å². The highest BCUT2D eigenvalue weighted by Crippen LogP contribution is 2.10. The summed E-state index contributed by atoms with van der Waals surface area (Å²) in [6, 6.07) is 7.70. The Hall–Kier alpha value is -2.86. The lowest BCUT2D eigenvalue weighted by atomic mass is 10.2. The molecule has 6 heteroatoms. The molecule has 0 aromatic carbocycles. The van der Waals surface area contributed by atoms with Gasteiger partial charge in [0.2, 0.25) is 0 Å². The first-order valence-corrected chi connectivity index (χ1v) is 5.82. The molecule has 2 aromatic heterocycles. The third-order valence-corrected chi connectivity index (χ3v) is 2.59. The van der Waals surface area contributed by atoms with Gasteiger partial charge < -0.3 is 9.88 Å². The van der Waals surface area contributed by atoms with E-state index in [1.54, 1.807) is 10.8 Å².